The van der Waals surface area contributed by atoms with Gasteiger partial charge in [-0.15, -0.1) is 0 Å². The molecule has 4 heteroatoms. The van der Waals surface area contributed by atoms with E-state index in [1.165, 1.54) is 18.2 Å². The van der Waals surface area contributed by atoms with Gasteiger partial charge in [-0.05, 0) is 38.3 Å². The van der Waals surface area contributed by atoms with Gasteiger partial charge in [0.05, 0.1) is 0 Å². The molecule has 2 rings (SSSR count). The van der Waals surface area contributed by atoms with Gasteiger partial charge in [-0.1, -0.05) is 6.07 Å². The first-order chi connectivity index (χ1) is 8.08. The van der Waals surface area contributed by atoms with Crippen molar-refractivity contribution in [2.45, 2.75) is 44.3 Å². The molecule has 1 saturated carbocycles. The molecule has 3 N–H and O–H groups in total. The number of nitrogens with two attached hydrogens (primary N) is 1. The van der Waals surface area contributed by atoms with Crippen molar-refractivity contribution < 1.29 is 8.78 Å². The maximum absolute atomic E-state index is 13.5. The highest BCUT2D eigenvalue weighted by Gasteiger charge is 2.25. The Labute approximate surface area is 100 Å². The molecule has 0 aliphatic heterocycles. The molecular formula is C13H18F2N2. The SMILES string of the molecule is CC(NC1CCC(N)C1)c1c(F)cccc1F. The third-order valence-electron chi connectivity index (χ3n) is 3.39. The van der Waals surface area contributed by atoms with Crippen LogP contribution in [-0.2, 0) is 0 Å². The highest BCUT2D eigenvalue weighted by Crippen LogP contribution is 2.24. The van der Waals surface area contributed by atoms with E-state index < -0.39 is 11.6 Å². The molecule has 0 amide bonds. The van der Waals surface area contributed by atoms with Gasteiger partial charge in [0.25, 0.3) is 0 Å². The van der Waals surface area contributed by atoms with Gasteiger partial charge in [-0.25, -0.2) is 8.78 Å². The largest absolute Gasteiger partial charge is 0.328 e. The van der Waals surface area contributed by atoms with Gasteiger partial charge in [0.15, 0.2) is 0 Å². The number of rotatable bonds is 3. The van der Waals surface area contributed by atoms with Gasteiger partial charge in [0, 0.05) is 23.7 Å². The Morgan fingerprint density at radius 3 is 2.47 bits per heavy atom. The zero-order valence-corrected chi connectivity index (χ0v) is 9.92. The maximum atomic E-state index is 13.5. The molecule has 3 unspecified atom stereocenters. The topological polar surface area (TPSA) is 38.0 Å². The molecular weight excluding hydrogens is 222 g/mol. The lowest BCUT2D eigenvalue weighted by atomic mass is 10.1. The van der Waals surface area contributed by atoms with E-state index in [9.17, 15) is 8.78 Å². The minimum atomic E-state index is -0.493. The molecule has 0 spiro atoms. The van der Waals surface area contributed by atoms with Crippen molar-refractivity contribution in [2.75, 3.05) is 0 Å². The van der Waals surface area contributed by atoms with Crippen LogP contribution in [0.25, 0.3) is 0 Å². The molecule has 0 bridgehead atoms. The van der Waals surface area contributed by atoms with Crippen molar-refractivity contribution in [2.24, 2.45) is 5.73 Å². The normalized spacial score (nSPS) is 26.1. The summed E-state index contributed by atoms with van der Waals surface area (Å²) in [6.07, 6.45) is 2.83. The lowest BCUT2D eigenvalue weighted by molar-refractivity contribution is 0.427. The summed E-state index contributed by atoms with van der Waals surface area (Å²) in [5.41, 5.74) is 5.93. The molecule has 2 nitrogen and oxygen atoms in total. The van der Waals surface area contributed by atoms with E-state index in [0.29, 0.717) is 0 Å². The Bertz CT molecular complexity index is 375. The lowest BCUT2D eigenvalue weighted by Gasteiger charge is -2.20. The van der Waals surface area contributed by atoms with Gasteiger partial charge in [-0.3, -0.25) is 0 Å². The molecule has 17 heavy (non-hydrogen) atoms. The maximum Gasteiger partial charge on any atom is 0.130 e. The highest BCUT2D eigenvalue weighted by atomic mass is 19.1. The van der Waals surface area contributed by atoms with Crippen LogP contribution in [0.2, 0.25) is 0 Å². The standard InChI is InChI=1S/C13H18F2N2/c1-8(17-10-6-5-9(16)7-10)13-11(14)3-2-4-12(13)15/h2-4,8-10,17H,5-7,16H2,1H3. The second-order valence-corrected chi connectivity index (χ2v) is 4.79. The van der Waals surface area contributed by atoms with E-state index in [1.807, 2.05) is 0 Å². The monoisotopic (exact) mass is 240 g/mol. The number of benzene rings is 1. The van der Waals surface area contributed by atoms with Crippen molar-refractivity contribution in [1.29, 1.82) is 0 Å². The number of halogens is 2. The van der Waals surface area contributed by atoms with Crippen LogP contribution < -0.4 is 11.1 Å². The fourth-order valence-corrected chi connectivity index (χ4v) is 2.53. The van der Waals surface area contributed by atoms with Gasteiger partial charge in [0.2, 0.25) is 0 Å². The van der Waals surface area contributed by atoms with Crippen LogP contribution in [0.3, 0.4) is 0 Å². The predicted octanol–water partition coefficient (Wildman–Crippen LogP) is 2.50. The molecule has 94 valence electrons. The summed E-state index contributed by atoms with van der Waals surface area (Å²) in [5.74, 6) is -0.986. The second kappa shape index (κ2) is 5.10. The van der Waals surface area contributed by atoms with Gasteiger partial charge in [-0.2, -0.15) is 0 Å². The molecule has 1 aromatic rings. The van der Waals surface area contributed by atoms with E-state index in [-0.39, 0.29) is 23.7 Å². The Morgan fingerprint density at radius 2 is 1.94 bits per heavy atom. The Kier molecular flexibility index (Phi) is 3.74. The van der Waals surface area contributed by atoms with Crippen LogP contribution >= 0.6 is 0 Å². The fraction of sp³-hybridized carbons (Fsp3) is 0.538. The van der Waals surface area contributed by atoms with Crippen molar-refractivity contribution >= 4 is 0 Å². The molecule has 0 saturated heterocycles. The quantitative estimate of drug-likeness (QED) is 0.852. The summed E-state index contributed by atoms with van der Waals surface area (Å²) in [4.78, 5) is 0. The van der Waals surface area contributed by atoms with Crippen LogP contribution in [0.1, 0.15) is 37.8 Å². The van der Waals surface area contributed by atoms with Crippen LogP contribution in [0.15, 0.2) is 18.2 Å². The summed E-state index contributed by atoms with van der Waals surface area (Å²) in [5, 5.41) is 3.25. The van der Waals surface area contributed by atoms with E-state index in [0.717, 1.165) is 19.3 Å². The van der Waals surface area contributed by atoms with Crippen molar-refractivity contribution in [3.8, 4) is 0 Å². The van der Waals surface area contributed by atoms with Crippen molar-refractivity contribution in [3.05, 3.63) is 35.4 Å². The average Bonchev–Trinajstić information content (AvgIpc) is 2.63. The molecule has 1 aromatic carbocycles. The molecule has 3 atom stereocenters. The smallest absolute Gasteiger partial charge is 0.130 e. The van der Waals surface area contributed by atoms with E-state index in [2.05, 4.69) is 5.32 Å². The predicted molar refractivity (Wildman–Crippen MR) is 63.5 cm³/mol. The zero-order valence-electron chi connectivity index (χ0n) is 9.92. The number of hydrogen-bond acceptors (Lipinski definition) is 2. The van der Waals surface area contributed by atoms with Crippen molar-refractivity contribution in [3.63, 3.8) is 0 Å². The summed E-state index contributed by atoms with van der Waals surface area (Å²) in [6.45, 7) is 1.78. The molecule has 1 aliphatic rings. The highest BCUT2D eigenvalue weighted by molar-refractivity contribution is 5.23. The second-order valence-electron chi connectivity index (χ2n) is 4.79. The molecule has 0 heterocycles. The average molecular weight is 240 g/mol. The summed E-state index contributed by atoms with van der Waals surface area (Å²) in [7, 11) is 0. The van der Waals surface area contributed by atoms with E-state index in [4.69, 9.17) is 5.73 Å². The first kappa shape index (κ1) is 12.5. The van der Waals surface area contributed by atoms with E-state index >= 15 is 0 Å². The first-order valence-electron chi connectivity index (χ1n) is 6.03. The fourth-order valence-electron chi connectivity index (χ4n) is 2.53. The van der Waals surface area contributed by atoms with Crippen LogP contribution in [0.5, 0.6) is 0 Å². The Hall–Kier alpha value is -1.00. The Morgan fingerprint density at radius 1 is 1.29 bits per heavy atom. The molecule has 1 aliphatic carbocycles. The zero-order chi connectivity index (χ0) is 12.4. The van der Waals surface area contributed by atoms with Crippen LogP contribution in [0, 0.1) is 11.6 Å². The molecule has 0 radical (unpaired) electrons. The third kappa shape index (κ3) is 2.82. The lowest BCUT2D eigenvalue weighted by Crippen LogP contribution is -2.31. The first-order valence-corrected chi connectivity index (χ1v) is 6.03. The van der Waals surface area contributed by atoms with Crippen molar-refractivity contribution in [1.82, 2.24) is 5.32 Å². The number of nitrogens with one attached hydrogen (secondary N) is 1. The van der Waals surface area contributed by atoms with Crippen LogP contribution in [0.4, 0.5) is 8.78 Å². The molecule has 0 aromatic heterocycles. The van der Waals surface area contributed by atoms with E-state index in [1.54, 1.807) is 6.92 Å². The third-order valence-corrected chi connectivity index (χ3v) is 3.39. The van der Waals surface area contributed by atoms with Gasteiger partial charge >= 0.3 is 0 Å². The minimum Gasteiger partial charge on any atom is -0.328 e. The Balaban J connectivity index is 2.07. The number of hydrogen-bond donors (Lipinski definition) is 2. The summed E-state index contributed by atoms with van der Waals surface area (Å²) < 4.78 is 27.1. The van der Waals surface area contributed by atoms with Gasteiger partial charge < -0.3 is 11.1 Å². The summed E-state index contributed by atoms with van der Waals surface area (Å²) >= 11 is 0. The molecule has 1 fully saturated rings. The summed E-state index contributed by atoms with van der Waals surface area (Å²) in [6, 6.07) is 4.11. The minimum absolute atomic E-state index is 0.118. The van der Waals surface area contributed by atoms with Crippen LogP contribution in [-0.4, -0.2) is 12.1 Å². The van der Waals surface area contributed by atoms with Gasteiger partial charge in [0.1, 0.15) is 11.6 Å².